The number of rotatable bonds is 1. The van der Waals surface area contributed by atoms with E-state index in [0.29, 0.717) is 6.07 Å². The highest BCUT2D eigenvalue weighted by Crippen LogP contribution is 2.34. The number of alkyl halides is 3. The number of hydrogen-bond acceptors (Lipinski definition) is 2. The Morgan fingerprint density at radius 2 is 1.93 bits per heavy atom. The molecule has 8 heteroatoms. The molecule has 1 heterocycles. The van der Waals surface area contributed by atoms with Crippen molar-refractivity contribution in [2.75, 3.05) is 0 Å². The maximum atomic E-state index is 12.3. The summed E-state index contributed by atoms with van der Waals surface area (Å²) < 4.78 is 36.9. The van der Waals surface area contributed by atoms with Gasteiger partial charge in [0, 0.05) is 0 Å². The van der Waals surface area contributed by atoms with Crippen molar-refractivity contribution in [2.24, 2.45) is 0 Å². The summed E-state index contributed by atoms with van der Waals surface area (Å²) in [5.41, 5.74) is -2.60. The monoisotopic (exact) mass is 259 g/mol. The van der Waals surface area contributed by atoms with Gasteiger partial charge in [0.1, 0.15) is 5.15 Å². The van der Waals surface area contributed by atoms with Gasteiger partial charge in [-0.25, -0.2) is 9.78 Å². The summed E-state index contributed by atoms with van der Waals surface area (Å²) in [5, 5.41) is 7.55. The van der Waals surface area contributed by atoms with Crippen LogP contribution >= 0.6 is 23.2 Å². The number of pyridine rings is 1. The molecule has 82 valence electrons. The zero-order valence-electron chi connectivity index (χ0n) is 6.77. The molecule has 0 aliphatic heterocycles. The van der Waals surface area contributed by atoms with E-state index >= 15 is 0 Å². The zero-order chi connectivity index (χ0) is 11.8. The van der Waals surface area contributed by atoms with Gasteiger partial charge >= 0.3 is 12.1 Å². The quantitative estimate of drug-likeness (QED) is 0.789. The van der Waals surface area contributed by atoms with Crippen molar-refractivity contribution in [3.63, 3.8) is 0 Å². The molecule has 0 aliphatic carbocycles. The molecule has 1 N–H and O–H groups in total. The average Bonchev–Trinajstić information content (AvgIpc) is 2.06. The van der Waals surface area contributed by atoms with E-state index in [0.717, 1.165) is 0 Å². The van der Waals surface area contributed by atoms with E-state index in [-0.39, 0.29) is 0 Å². The number of carboxylic acids is 1. The van der Waals surface area contributed by atoms with Gasteiger partial charge in [0.25, 0.3) is 0 Å². The fraction of sp³-hybridized carbons (Fsp3) is 0.143. The first-order valence-electron chi connectivity index (χ1n) is 3.40. The SMILES string of the molecule is O=C(O)c1nc(Cl)c(Cl)cc1C(F)(F)F. The van der Waals surface area contributed by atoms with Crippen LogP contribution in [0.2, 0.25) is 10.2 Å². The molecule has 1 aromatic heterocycles. The molecule has 0 aliphatic rings. The van der Waals surface area contributed by atoms with Gasteiger partial charge in [-0.3, -0.25) is 0 Å². The van der Waals surface area contributed by atoms with E-state index < -0.39 is 33.6 Å². The van der Waals surface area contributed by atoms with E-state index in [1.54, 1.807) is 0 Å². The Bertz CT molecular complexity index is 419. The van der Waals surface area contributed by atoms with Crippen molar-refractivity contribution in [2.45, 2.75) is 6.18 Å². The summed E-state index contributed by atoms with van der Waals surface area (Å²) in [6.07, 6.45) is -4.84. The molecular formula is C7H2Cl2F3NO2. The van der Waals surface area contributed by atoms with E-state index in [4.69, 9.17) is 28.3 Å². The molecule has 1 aromatic rings. The summed E-state index contributed by atoms with van der Waals surface area (Å²) in [4.78, 5) is 13.5. The highest BCUT2D eigenvalue weighted by molar-refractivity contribution is 6.41. The van der Waals surface area contributed by atoms with Crippen LogP contribution in [-0.4, -0.2) is 16.1 Å². The molecule has 0 radical (unpaired) electrons. The molecule has 0 spiro atoms. The standard InChI is InChI=1S/C7H2Cl2F3NO2/c8-3-1-2(7(10,11)12)4(6(14)15)13-5(3)9/h1H,(H,14,15). The Balaban J connectivity index is 3.49. The molecule has 0 bridgehead atoms. The number of carbonyl (C=O) groups is 1. The van der Waals surface area contributed by atoms with Crippen LogP contribution in [-0.2, 0) is 6.18 Å². The molecule has 1 rings (SSSR count). The lowest BCUT2D eigenvalue weighted by Gasteiger charge is -2.10. The van der Waals surface area contributed by atoms with Gasteiger partial charge in [0.2, 0.25) is 0 Å². The number of hydrogen-bond donors (Lipinski definition) is 1. The van der Waals surface area contributed by atoms with Crippen molar-refractivity contribution >= 4 is 29.2 Å². The normalized spacial score (nSPS) is 11.5. The summed E-state index contributed by atoms with van der Waals surface area (Å²) in [7, 11) is 0. The first kappa shape index (κ1) is 12.1. The van der Waals surface area contributed by atoms with Crippen molar-refractivity contribution in [3.05, 3.63) is 27.5 Å². The summed E-state index contributed by atoms with van der Waals surface area (Å²) >= 11 is 10.6. The van der Waals surface area contributed by atoms with E-state index in [1.165, 1.54) is 0 Å². The first-order valence-corrected chi connectivity index (χ1v) is 4.15. The maximum Gasteiger partial charge on any atom is 0.418 e. The number of aromatic carboxylic acids is 1. The fourth-order valence-electron chi connectivity index (χ4n) is 0.846. The molecule has 0 aromatic carbocycles. The molecule has 3 nitrogen and oxygen atoms in total. The molecule has 0 fully saturated rings. The second-order valence-corrected chi connectivity index (χ2v) is 3.23. The van der Waals surface area contributed by atoms with Gasteiger partial charge in [0.05, 0.1) is 10.6 Å². The van der Waals surface area contributed by atoms with Crippen molar-refractivity contribution in [1.82, 2.24) is 4.98 Å². The van der Waals surface area contributed by atoms with Gasteiger partial charge < -0.3 is 5.11 Å². The van der Waals surface area contributed by atoms with E-state index in [9.17, 15) is 18.0 Å². The second kappa shape index (κ2) is 3.86. The van der Waals surface area contributed by atoms with Crippen LogP contribution in [0.3, 0.4) is 0 Å². The minimum atomic E-state index is -4.84. The molecule has 0 saturated carbocycles. The third-order valence-electron chi connectivity index (χ3n) is 1.44. The predicted molar refractivity (Wildman–Crippen MR) is 46.2 cm³/mol. The van der Waals surface area contributed by atoms with Gasteiger partial charge in [0.15, 0.2) is 5.69 Å². The Labute approximate surface area is 91.4 Å². The van der Waals surface area contributed by atoms with Crippen LogP contribution in [0.4, 0.5) is 13.2 Å². The van der Waals surface area contributed by atoms with Gasteiger partial charge in [-0.05, 0) is 6.07 Å². The molecule has 15 heavy (non-hydrogen) atoms. The summed E-state index contributed by atoms with van der Waals surface area (Å²) in [6.45, 7) is 0. The van der Waals surface area contributed by atoms with Crippen molar-refractivity contribution < 1.29 is 23.1 Å². The number of halogens is 5. The van der Waals surface area contributed by atoms with Crippen molar-refractivity contribution in [1.29, 1.82) is 0 Å². The third-order valence-corrected chi connectivity index (χ3v) is 2.11. The first-order chi connectivity index (χ1) is 6.73. The molecule has 0 atom stereocenters. The molecule has 0 unspecified atom stereocenters. The Hall–Kier alpha value is -1.01. The smallest absolute Gasteiger partial charge is 0.418 e. The lowest BCUT2D eigenvalue weighted by atomic mass is 10.2. The summed E-state index contributed by atoms with van der Waals surface area (Å²) in [6, 6.07) is 0.431. The lowest BCUT2D eigenvalue weighted by Crippen LogP contribution is -2.15. The maximum absolute atomic E-state index is 12.3. The number of aromatic nitrogens is 1. The fourth-order valence-corrected chi connectivity index (χ4v) is 1.14. The highest BCUT2D eigenvalue weighted by atomic mass is 35.5. The van der Waals surface area contributed by atoms with Crippen LogP contribution in [0.15, 0.2) is 6.07 Å². The zero-order valence-corrected chi connectivity index (χ0v) is 8.28. The Morgan fingerprint density at radius 3 is 2.33 bits per heavy atom. The molecule has 0 saturated heterocycles. The molecule has 0 amide bonds. The van der Waals surface area contributed by atoms with Gasteiger partial charge in [-0.15, -0.1) is 0 Å². The minimum absolute atomic E-state index is 0.431. The largest absolute Gasteiger partial charge is 0.476 e. The topological polar surface area (TPSA) is 50.2 Å². The minimum Gasteiger partial charge on any atom is -0.476 e. The van der Waals surface area contributed by atoms with Gasteiger partial charge in [-0.2, -0.15) is 13.2 Å². The predicted octanol–water partition coefficient (Wildman–Crippen LogP) is 3.11. The lowest BCUT2D eigenvalue weighted by molar-refractivity contribution is -0.138. The average molecular weight is 260 g/mol. The van der Waals surface area contributed by atoms with Crippen LogP contribution < -0.4 is 0 Å². The third kappa shape index (κ3) is 2.51. The van der Waals surface area contributed by atoms with Crippen LogP contribution in [0.1, 0.15) is 16.1 Å². The Kier molecular flexibility index (Phi) is 3.11. The Morgan fingerprint density at radius 1 is 1.40 bits per heavy atom. The van der Waals surface area contributed by atoms with Crippen LogP contribution in [0.25, 0.3) is 0 Å². The second-order valence-electron chi connectivity index (χ2n) is 2.46. The van der Waals surface area contributed by atoms with Crippen LogP contribution in [0.5, 0.6) is 0 Å². The van der Waals surface area contributed by atoms with E-state index in [1.807, 2.05) is 0 Å². The van der Waals surface area contributed by atoms with Gasteiger partial charge in [-0.1, -0.05) is 23.2 Å². The summed E-state index contributed by atoms with van der Waals surface area (Å²) in [5.74, 6) is -1.82. The van der Waals surface area contributed by atoms with Crippen molar-refractivity contribution in [3.8, 4) is 0 Å². The number of carboxylic acid groups (broad SMARTS) is 1. The number of nitrogens with zero attached hydrogens (tertiary/aromatic N) is 1. The van der Waals surface area contributed by atoms with E-state index in [2.05, 4.69) is 4.98 Å². The highest BCUT2D eigenvalue weighted by Gasteiger charge is 2.37. The molecular weight excluding hydrogens is 258 g/mol. The van der Waals surface area contributed by atoms with Crippen LogP contribution in [0, 0.1) is 0 Å².